The van der Waals surface area contributed by atoms with Crippen LogP contribution >= 0.6 is 23.2 Å². The molecule has 0 radical (unpaired) electrons. The van der Waals surface area contributed by atoms with Crippen LogP contribution < -0.4 is 16.1 Å². The van der Waals surface area contributed by atoms with Gasteiger partial charge in [0.05, 0.1) is 41.2 Å². The van der Waals surface area contributed by atoms with E-state index in [-0.39, 0.29) is 36.8 Å². The molecule has 2 heterocycles. The predicted molar refractivity (Wildman–Crippen MR) is 119 cm³/mol. The van der Waals surface area contributed by atoms with Gasteiger partial charge in [-0.2, -0.15) is 5.10 Å². The molecule has 0 aliphatic carbocycles. The Balaban J connectivity index is 1.42. The largest absolute Gasteiger partial charge is 0.370 e. The number of hydrogen-bond acceptors (Lipinski definition) is 5. The number of ether oxygens (including phenoxy) is 1. The molecule has 31 heavy (non-hydrogen) atoms. The third kappa shape index (κ3) is 5.43. The molecule has 2 aliphatic rings. The predicted octanol–water partition coefficient (Wildman–Crippen LogP) is 2.61. The molecule has 4 rings (SSSR count). The Hall–Kier alpha value is -2.45. The van der Waals surface area contributed by atoms with Crippen LogP contribution in [0, 0.1) is 0 Å². The van der Waals surface area contributed by atoms with Crippen molar-refractivity contribution in [2.75, 3.05) is 19.7 Å². The molecule has 2 aliphatic heterocycles. The van der Waals surface area contributed by atoms with E-state index in [1.54, 1.807) is 12.1 Å². The van der Waals surface area contributed by atoms with Crippen molar-refractivity contribution in [2.24, 2.45) is 5.10 Å². The number of rotatable bonds is 5. The summed E-state index contributed by atoms with van der Waals surface area (Å²) >= 11 is 12.2. The third-order valence-corrected chi connectivity index (χ3v) is 5.96. The molecule has 3 N–H and O–H groups in total. The average molecular weight is 461 g/mol. The Kier molecular flexibility index (Phi) is 6.87. The van der Waals surface area contributed by atoms with E-state index >= 15 is 0 Å². The van der Waals surface area contributed by atoms with Gasteiger partial charge in [-0.1, -0.05) is 53.5 Å². The van der Waals surface area contributed by atoms with Gasteiger partial charge in [0.15, 0.2) is 0 Å². The van der Waals surface area contributed by atoms with Crippen molar-refractivity contribution in [3.63, 3.8) is 0 Å². The number of benzene rings is 2. The Morgan fingerprint density at radius 1 is 1.16 bits per heavy atom. The molecule has 2 amide bonds. The Morgan fingerprint density at radius 2 is 1.97 bits per heavy atom. The van der Waals surface area contributed by atoms with Gasteiger partial charge in [0.25, 0.3) is 0 Å². The van der Waals surface area contributed by atoms with E-state index in [2.05, 4.69) is 21.2 Å². The van der Waals surface area contributed by atoms with Crippen LogP contribution in [0.3, 0.4) is 0 Å². The fourth-order valence-electron chi connectivity index (χ4n) is 3.67. The number of hydrogen-bond donors (Lipinski definition) is 3. The zero-order valence-electron chi connectivity index (χ0n) is 16.7. The number of hydrazone groups is 1. The van der Waals surface area contributed by atoms with Crippen LogP contribution in [-0.4, -0.2) is 43.3 Å². The first-order valence-electron chi connectivity index (χ1n) is 10.0. The van der Waals surface area contributed by atoms with Crippen molar-refractivity contribution < 1.29 is 14.3 Å². The van der Waals surface area contributed by atoms with Gasteiger partial charge in [0.1, 0.15) is 6.10 Å². The minimum atomic E-state index is -0.332. The summed E-state index contributed by atoms with van der Waals surface area (Å²) in [5.41, 5.74) is 5.74. The summed E-state index contributed by atoms with van der Waals surface area (Å²) in [5, 5.41) is 11.3. The Labute approximate surface area is 190 Å². The van der Waals surface area contributed by atoms with Crippen molar-refractivity contribution in [3.8, 4) is 0 Å². The molecule has 1 saturated heterocycles. The second-order valence-corrected chi connectivity index (χ2v) is 8.30. The van der Waals surface area contributed by atoms with Crippen molar-refractivity contribution in [1.29, 1.82) is 0 Å². The molecule has 0 aromatic heterocycles. The third-order valence-electron chi connectivity index (χ3n) is 5.22. The smallest absolute Gasteiger partial charge is 0.246 e. The first-order valence-corrected chi connectivity index (χ1v) is 10.8. The molecule has 9 heteroatoms. The summed E-state index contributed by atoms with van der Waals surface area (Å²) in [4.78, 5) is 24.1. The lowest BCUT2D eigenvalue weighted by atomic mass is 10.0. The molecule has 162 valence electrons. The van der Waals surface area contributed by atoms with E-state index in [0.29, 0.717) is 35.5 Å². The van der Waals surface area contributed by atoms with Crippen LogP contribution in [0.5, 0.6) is 0 Å². The van der Waals surface area contributed by atoms with Gasteiger partial charge >= 0.3 is 0 Å². The van der Waals surface area contributed by atoms with Crippen molar-refractivity contribution in [1.82, 2.24) is 16.1 Å². The van der Waals surface area contributed by atoms with Gasteiger partial charge < -0.3 is 15.4 Å². The molecule has 2 aromatic carbocycles. The maximum absolute atomic E-state index is 12.8. The Bertz CT molecular complexity index is 1010. The average Bonchev–Trinajstić information content (AvgIpc) is 3.06. The highest BCUT2D eigenvalue weighted by Crippen LogP contribution is 2.29. The van der Waals surface area contributed by atoms with E-state index in [1.807, 2.05) is 30.3 Å². The SMILES string of the molecule is O=C1CC(c2ccc(CC(=O)N[C@@H]3CNCCO[C@H]3c3ccc(Cl)c(Cl)c3)cc2)=NN1. The van der Waals surface area contributed by atoms with Crippen LogP contribution in [0.15, 0.2) is 47.6 Å². The molecule has 0 spiro atoms. The first-order chi connectivity index (χ1) is 15.0. The lowest BCUT2D eigenvalue weighted by Crippen LogP contribution is -2.45. The monoisotopic (exact) mass is 460 g/mol. The van der Waals surface area contributed by atoms with E-state index in [0.717, 1.165) is 16.7 Å². The molecule has 2 atom stereocenters. The number of carbonyl (C=O) groups excluding carboxylic acids is 2. The normalized spacial score (nSPS) is 21.2. The topological polar surface area (TPSA) is 91.8 Å². The van der Waals surface area contributed by atoms with Crippen LogP contribution in [0.1, 0.15) is 29.2 Å². The quantitative estimate of drug-likeness (QED) is 0.639. The fraction of sp³-hybridized carbons (Fsp3) is 0.318. The summed E-state index contributed by atoms with van der Waals surface area (Å²) in [5.74, 6) is -0.223. The first kappa shape index (κ1) is 21.8. The van der Waals surface area contributed by atoms with Crippen LogP contribution in [0.25, 0.3) is 0 Å². The summed E-state index contributed by atoms with van der Waals surface area (Å²) in [6.45, 7) is 1.81. The number of carbonyl (C=O) groups is 2. The molecular formula is C22H22Cl2N4O3. The zero-order valence-corrected chi connectivity index (χ0v) is 18.2. The minimum Gasteiger partial charge on any atom is -0.370 e. The standard InChI is InChI=1S/C22H22Cl2N4O3/c23-16-6-5-15(10-17(16)24)22-19(12-25-7-8-31-22)26-20(29)9-13-1-3-14(4-2-13)18-11-21(30)28-27-18/h1-6,10,19,22,25H,7-9,11-12H2,(H,26,29)(H,28,30)/t19-,22+/m1/s1. The van der Waals surface area contributed by atoms with Crippen LogP contribution in [0.2, 0.25) is 10.0 Å². The van der Waals surface area contributed by atoms with Crippen molar-refractivity contribution in [3.05, 3.63) is 69.2 Å². The van der Waals surface area contributed by atoms with E-state index in [1.165, 1.54) is 0 Å². The number of amides is 2. The van der Waals surface area contributed by atoms with Gasteiger partial charge in [0, 0.05) is 13.1 Å². The molecule has 7 nitrogen and oxygen atoms in total. The number of nitrogens with zero attached hydrogens (tertiary/aromatic N) is 1. The van der Waals surface area contributed by atoms with Gasteiger partial charge in [-0.05, 0) is 28.8 Å². The molecular weight excluding hydrogens is 439 g/mol. The minimum absolute atomic E-state index is 0.106. The van der Waals surface area contributed by atoms with Gasteiger partial charge in [-0.15, -0.1) is 0 Å². The maximum Gasteiger partial charge on any atom is 0.246 e. The van der Waals surface area contributed by atoms with Crippen molar-refractivity contribution in [2.45, 2.75) is 25.0 Å². The fourth-order valence-corrected chi connectivity index (χ4v) is 3.98. The van der Waals surface area contributed by atoms with Gasteiger partial charge in [-0.25, -0.2) is 5.43 Å². The highest BCUT2D eigenvalue weighted by atomic mass is 35.5. The summed E-state index contributed by atoms with van der Waals surface area (Å²) in [7, 11) is 0. The summed E-state index contributed by atoms with van der Waals surface area (Å²) in [6.07, 6.45) is 0.167. The molecule has 2 aromatic rings. The summed E-state index contributed by atoms with van der Waals surface area (Å²) < 4.78 is 6.00. The summed E-state index contributed by atoms with van der Waals surface area (Å²) in [6, 6.07) is 12.6. The zero-order chi connectivity index (χ0) is 21.8. The highest BCUT2D eigenvalue weighted by molar-refractivity contribution is 6.42. The van der Waals surface area contributed by atoms with Crippen molar-refractivity contribution >= 4 is 40.7 Å². The van der Waals surface area contributed by atoms with Gasteiger partial charge in [-0.3, -0.25) is 9.59 Å². The van der Waals surface area contributed by atoms with E-state index < -0.39 is 0 Å². The van der Waals surface area contributed by atoms with Gasteiger partial charge in [0.2, 0.25) is 11.8 Å². The lowest BCUT2D eigenvalue weighted by Gasteiger charge is -2.26. The second kappa shape index (κ2) is 9.78. The van der Waals surface area contributed by atoms with Crippen LogP contribution in [-0.2, 0) is 20.7 Å². The number of halogens is 2. The highest BCUT2D eigenvalue weighted by Gasteiger charge is 2.28. The van der Waals surface area contributed by atoms with E-state index in [4.69, 9.17) is 27.9 Å². The molecule has 0 bridgehead atoms. The molecule has 0 unspecified atom stereocenters. The molecule has 0 saturated carbocycles. The van der Waals surface area contributed by atoms with Crippen LogP contribution in [0.4, 0.5) is 0 Å². The molecule has 1 fully saturated rings. The number of nitrogens with one attached hydrogen (secondary N) is 3. The van der Waals surface area contributed by atoms with E-state index in [9.17, 15) is 9.59 Å². The lowest BCUT2D eigenvalue weighted by molar-refractivity contribution is -0.122. The maximum atomic E-state index is 12.8. The Morgan fingerprint density at radius 3 is 2.68 bits per heavy atom. The second-order valence-electron chi connectivity index (χ2n) is 7.49.